The minimum Gasteiger partial charge on any atom is -0.481 e. The van der Waals surface area contributed by atoms with Gasteiger partial charge in [0.15, 0.2) is 0 Å². The van der Waals surface area contributed by atoms with Crippen LogP contribution in [0.1, 0.15) is 88.7 Å². The van der Waals surface area contributed by atoms with Gasteiger partial charge in [-0.05, 0) is 55.7 Å². The molecule has 0 saturated carbocycles. The van der Waals surface area contributed by atoms with E-state index < -0.39 is 11.9 Å². The van der Waals surface area contributed by atoms with Gasteiger partial charge in [-0.2, -0.15) is 0 Å². The van der Waals surface area contributed by atoms with E-state index in [4.69, 9.17) is 0 Å². The normalized spacial score (nSPS) is 12.4. The monoisotopic (exact) mass is 342 g/mol. The SMILES string of the molecule is C=C(CCCCCCCC/C=C/CC)c1ccccc1C(C)C(=O)O. The van der Waals surface area contributed by atoms with Crippen molar-refractivity contribution in [2.45, 2.75) is 77.6 Å². The Bertz CT molecular complexity index is 557. The number of carbonyl (C=O) groups is 1. The van der Waals surface area contributed by atoms with E-state index in [0.717, 1.165) is 36.0 Å². The molecule has 0 amide bonds. The number of allylic oxidation sites excluding steroid dienone is 3. The van der Waals surface area contributed by atoms with E-state index in [0.29, 0.717) is 0 Å². The second-order valence-electron chi connectivity index (χ2n) is 6.79. The summed E-state index contributed by atoms with van der Waals surface area (Å²) in [4.78, 5) is 11.3. The van der Waals surface area contributed by atoms with Gasteiger partial charge < -0.3 is 5.11 Å². The largest absolute Gasteiger partial charge is 0.481 e. The average molecular weight is 343 g/mol. The van der Waals surface area contributed by atoms with Crippen molar-refractivity contribution >= 4 is 11.5 Å². The molecule has 25 heavy (non-hydrogen) atoms. The van der Waals surface area contributed by atoms with Gasteiger partial charge in [-0.1, -0.05) is 75.6 Å². The predicted octanol–water partition coefficient (Wildman–Crippen LogP) is 6.97. The zero-order chi connectivity index (χ0) is 18.5. The zero-order valence-electron chi connectivity index (χ0n) is 16.0. The van der Waals surface area contributed by atoms with Gasteiger partial charge in [0, 0.05) is 0 Å². The lowest BCUT2D eigenvalue weighted by atomic mass is 9.90. The van der Waals surface area contributed by atoms with Crippen LogP contribution in [0.25, 0.3) is 5.57 Å². The molecule has 138 valence electrons. The number of aliphatic carboxylic acids is 1. The summed E-state index contributed by atoms with van der Waals surface area (Å²) in [7, 11) is 0. The summed E-state index contributed by atoms with van der Waals surface area (Å²) in [6.07, 6.45) is 15.4. The lowest BCUT2D eigenvalue weighted by molar-refractivity contribution is -0.138. The number of hydrogen-bond acceptors (Lipinski definition) is 1. The third-order valence-electron chi connectivity index (χ3n) is 4.68. The third kappa shape index (κ3) is 8.20. The van der Waals surface area contributed by atoms with E-state index in [1.807, 2.05) is 24.3 Å². The molecule has 0 saturated heterocycles. The smallest absolute Gasteiger partial charge is 0.310 e. The van der Waals surface area contributed by atoms with Gasteiger partial charge in [0.05, 0.1) is 5.92 Å². The maximum atomic E-state index is 11.3. The first kappa shape index (κ1) is 21.2. The number of carboxylic acid groups (broad SMARTS) is 1. The van der Waals surface area contributed by atoms with Crippen molar-refractivity contribution in [3.05, 3.63) is 54.1 Å². The van der Waals surface area contributed by atoms with Gasteiger partial charge in [0.25, 0.3) is 0 Å². The summed E-state index contributed by atoms with van der Waals surface area (Å²) in [6, 6.07) is 7.78. The molecule has 2 nitrogen and oxygen atoms in total. The van der Waals surface area contributed by atoms with Crippen LogP contribution in [-0.2, 0) is 4.79 Å². The minimum absolute atomic E-state index is 0.491. The van der Waals surface area contributed by atoms with Crippen LogP contribution in [0.15, 0.2) is 43.0 Å². The fraction of sp³-hybridized carbons (Fsp3) is 0.522. The zero-order valence-corrected chi connectivity index (χ0v) is 16.0. The van der Waals surface area contributed by atoms with E-state index in [1.165, 1.54) is 38.5 Å². The predicted molar refractivity (Wildman–Crippen MR) is 108 cm³/mol. The Balaban J connectivity index is 2.29. The molecule has 1 aromatic carbocycles. The number of hydrogen-bond donors (Lipinski definition) is 1. The Labute approximate surface area is 153 Å². The average Bonchev–Trinajstić information content (AvgIpc) is 2.62. The van der Waals surface area contributed by atoms with E-state index >= 15 is 0 Å². The van der Waals surface area contributed by atoms with E-state index in [-0.39, 0.29) is 0 Å². The van der Waals surface area contributed by atoms with Gasteiger partial charge in [-0.15, -0.1) is 0 Å². The molecule has 1 unspecified atom stereocenters. The molecule has 0 heterocycles. The Hall–Kier alpha value is -1.83. The third-order valence-corrected chi connectivity index (χ3v) is 4.68. The molecular weight excluding hydrogens is 308 g/mol. The summed E-state index contributed by atoms with van der Waals surface area (Å²) < 4.78 is 0. The molecule has 0 fully saturated rings. The standard InChI is InChI=1S/C23H34O2/c1-4-5-6-7-8-9-10-11-12-13-16-19(2)21-17-14-15-18-22(21)20(3)23(24)25/h5-6,14-15,17-18,20H,2,4,7-13,16H2,1,3H3,(H,24,25)/b6-5+. The molecule has 0 aliphatic carbocycles. The Morgan fingerprint density at radius 3 is 2.40 bits per heavy atom. The molecule has 1 aromatic rings. The summed E-state index contributed by atoms with van der Waals surface area (Å²) >= 11 is 0. The van der Waals surface area contributed by atoms with Crippen molar-refractivity contribution in [2.24, 2.45) is 0 Å². The number of carboxylic acids is 1. The molecule has 1 N–H and O–H groups in total. The highest BCUT2D eigenvalue weighted by Crippen LogP contribution is 2.28. The number of benzene rings is 1. The number of rotatable bonds is 13. The van der Waals surface area contributed by atoms with Crippen molar-refractivity contribution in [1.82, 2.24) is 0 Å². The summed E-state index contributed by atoms with van der Waals surface area (Å²) in [5.41, 5.74) is 2.95. The lowest BCUT2D eigenvalue weighted by Gasteiger charge is -2.15. The van der Waals surface area contributed by atoms with Gasteiger partial charge in [0.1, 0.15) is 0 Å². The maximum absolute atomic E-state index is 11.3. The van der Waals surface area contributed by atoms with E-state index in [9.17, 15) is 9.90 Å². The topological polar surface area (TPSA) is 37.3 Å². The molecule has 2 heteroatoms. The van der Waals surface area contributed by atoms with Crippen molar-refractivity contribution in [2.75, 3.05) is 0 Å². The highest BCUT2D eigenvalue weighted by Gasteiger charge is 2.17. The molecule has 0 aliphatic rings. The van der Waals surface area contributed by atoms with Crippen LogP contribution in [0.3, 0.4) is 0 Å². The minimum atomic E-state index is -0.783. The Morgan fingerprint density at radius 2 is 1.72 bits per heavy atom. The maximum Gasteiger partial charge on any atom is 0.310 e. The molecule has 0 aliphatic heterocycles. The Morgan fingerprint density at radius 1 is 1.08 bits per heavy atom. The summed E-state index contributed by atoms with van der Waals surface area (Å²) in [6.45, 7) is 8.11. The van der Waals surface area contributed by atoms with Crippen LogP contribution in [0.2, 0.25) is 0 Å². The van der Waals surface area contributed by atoms with E-state index in [1.54, 1.807) is 6.92 Å². The first-order valence-corrected chi connectivity index (χ1v) is 9.72. The number of unbranched alkanes of at least 4 members (excludes halogenated alkanes) is 6. The van der Waals surface area contributed by atoms with Crippen molar-refractivity contribution in [1.29, 1.82) is 0 Å². The summed E-state index contributed by atoms with van der Waals surface area (Å²) in [5, 5.41) is 9.27. The molecule has 1 rings (SSSR count). The van der Waals surface area contributed by atoms with Crippen LogP contribution in [0, 0.1) is 0 Å². The van der Waals surface area contributed by atoms with Crippen LogP contribution in [-0.4, -0.2) is 11.1 Å². The molecule has 1 atom stereocenters. The van der Waals surface area contributed by atoms with Gasteiger partial charge in [-0.25, -0.2) is 0 Å². The van der Waals surface area contributed by atoms with Crippen LogP contribution < -0.4 is 0 Å². The van der Waals surface area contributed by atoms with Gasteiger partial charge in [0.2, 0.25) is 0 Å². The lowest BCUT2D eigenvalue weighted by Crippen LogP contribution is -2.09. The first-order chi connectivity index (χ1) is 12.1. The fourth-order valence-electron chi connectivity index (χ4n) is 3.06. The molecular formula is C23H34O2. The van der Waals surface area contributed by atoms with Crippen LogP contribution in [0.4, 0.5) is 0 Å². The van der Waals surface area contributed by atoms with E-state index in [2.05, 4.69) is 25.7 Å². The molecule has 0 radical (unpaired) electrons. The van der Waals surface area contributed by atoms with Gasteiger partial charge >= 0.3 is 5.97 Å². The Kier molecular flexibility index (Phi) is 10.6. The van der Waals surface area contributed by atoms with Crippen LogP contribution in [0.5, 0.6) is 0 Å². The summed E-state index contributed by atoms with van der Waals surface area (Å²) in [5.74, 6) is -1.27. The second-order valence-corrected chi connectivity index (χ2v) is 6.79. The fourth-order valence-corrected chi connectivity index (χ4v) is 3.06. The van der Waals surface area contributed by atoms with Crippen molar-refractivity contribution in [3.8, 4) is 0 Å². The quantitative estimate of drug-likeness (QED) is 0.310. The highest BCUT2D eigenvalue weighted by atomic mass is 16.4. The highest BCUT2D eigenvalue weighted by molar-refractivity contribution is 5.79. The van der Waals surface area contributed by atoms with Gasteiger partial charge in [-0.3, -0.25) is 4.79 Å². The van der Waals surface area contributed by atoms with Crippen molar-refractivity contribution < 1.29 is 9.90 Å². The second kappa shape index (κ2) is 12.5. The molecule has 0 spiro atoms. The van der Waals surface area contributed by atoms with Crippen molar-refractivity contribution in [3.63, 3.8) is 0 Å². The molecule has 0 bridgehead atoms. The molecule has 0 aromatic heterocycles. The first-order valence-electron chi connectivity index (χ1n) is 9.72. The van der Waals surface area contributed by atoms with Crippen LogP contribution >= 0.6 is 0 Å².